The van der Waals surface area contributed by atoms with Crippen LogP contribution in [0.4, 0.5) is 0 Å². The summed E-state index contributed by atoms with van der Waals surface area (Å²) in [4.78, 5) is 0. The van der Waals surface area contributed by atoms with Gasteiger partial charge in [0.25, 0.3) is 0 Å². The third-order valence-corrected chi connectivity index (χ3v) is 2.64. The quantitative estimate of drug-likeness (QED) is 0.756. The van der Waals surface area contributed by atoms with Gasteiger partial charge in [0, 0.05) is 16.9 Å². The van der Waals surface area contributed by atoms with Gasteiger partial charge in [-0.1, -0.05) is 34.6 Å². The van der Waals surface area contributed by atoms with Gasteiger partial charge in [0.15, 0.2) is 0 Å². The van der Waals surface area contributed by atoms with Crippen molar-refractivity contribution in [2.24, 2.45) is 0 Å². The van der Waals surface area contributed by atoms with Crippen molar-refractivity contribution in [3.8, 4) is 11.3 Å². The maximum Gasteiger partial charge on any atom is 0.0522 e. The van der Waals surface area contributed by atoms with Crippen molar-refractivity contribution in [3.05, 3.63) is 53.6 Å². The number of rotatable bonds is 2. The molecule has 0 radical (unpaired) electrons. The minimum Gasteiger partial charge on any atom is -0.324 e. The molecule has 0 fully saturated rings. The molecule has 1 aromatic carbocycles. The van der Waals surface area contributed by atoms with Crippen molar-refractivity contribution >= 4 is 22.1 Å². The summed E-state index contributed by atoms with van der Waals surface area (Å²) in [7, 11) is 0. The maximum atomic E-state index is 3.76. The third-order valence-electron chi connectivity index (χ3n) is 2.12. The van der Waals surface area contributed by atoms with Crippen LogP contribution in [0.5, 0.6) is 0 Å². The molecule has 70 valence electrons. The first-order valence-corrected chi connectivity index (χ1v) is 5.16. The predicted molar refractivity (Wildman–Crippen MR) is 64.0 cm³/mol. The fourth-order valence-electron chi connectivity index (χ4n) is 1.42. The number of nitrogens with zero attached hydrogens (tertiary/aromatic N) is 1. The van der Waals surface area contributed by atoms with E-state index in [0.717, 1.165) is 10.2 Å². The van der Waals surface area contributed by atoms with Crippen molar-refractivity contribution in [1.82, 2.24) is 4.57 Å². The van der Waals surface area contributed by atoms with E-state index < -0.39 is 0 Å². The van der Waals surface area contributed by atoms with Crippen LogP contribution in [-0.4, -0.2) is 4.57 Å². The van der Waals surface area contributed by atoms with Crippen LogP contribution in [-0.2, 0) is 0 Å². The molecule has 0 spiro atoms. The first kappa shape index (κ1) is 9.28. The molecule has 1 nitrogen and oxygen atoms in total. The van der Waals surface area contributed by atoms with E-state index in [1.54, 1.807) is 6.20 Å². The first-order chi connectivity index (χ1) is 6.81. The van der Waals surface area contributed by atoms with E-state index in [0.29, 0.717) is 0 Å². The second kappa shape index (κ2) is 3.84. The lowest BCUT2D eigenvalue weighted by atomic mass is 10.1. The second-order valence-electron chi connectivity index (χ2n) is 2.99. The average molecular weight is 248 g/mol. The van der Waals surface area contributed by atoms with Crippen molar-refractivity contribution < 1.29 is 0 Å². The minimum absolute atomic E-state index is 1.10. The lowest BCUT2D eigenvalue weighted by molar-refractivity contribution is 1.18. The summed E-state index contributed by atoms with van der Waals surface area (Å²) in [5.41, 5.74) is 2.35. The minimum atomic E-state index is 1.10. The van der Waals surface area contributed by atoms with Crippen LogP contribution >= 0.6 is 15.9 Å². The van der Waals surface area contributed by atoms with Crippen molar-refractivity contribution in [1.29, 1.82) is 0 Å². The van der Waals surface area contributed by atoms with Gasteiger partial charge < -0.3 is 4.57 Å². The van der Waals surface area contributed by atoms with Crippen LogP contribution in [0.25, 0.3) is 17.5 Å². The number of benzene rings is 1. The molecule has 0 N–H and O–H groups in total. The highest BCUT2D eigenvalue weighted by Gasteiger charge is 2.00. The summed E-state index contributed by atoms with van der Waals surface area (Å²) in [5, 5.41) is 0. The van der Waals surface area contributed by atoms with E-state index >= 15 is 0 Å². The van der Waals surface area contributed by atoms with Gasteiger partial charge in [0.2, 0.25) is 0 Å². The fourth-order valence-corrected chi connectivity index (χ4v) is 1.68. The normalized spacial score (nSPS) is 10.1. The summed E-state index contributed by atoms with van der Waals surface area (Å²) in [6, 6.07) is 12.3. The maximum absolute atomic E-state index is 3.76. The molecular formula is C12H10BrN. The Bertz CT molecular complexity index is 440. The molecule has 14 heavy (non-hydrogen) atoms. The molecule has 2 rings (SSSR count). The fraction of sp³-hybridized carbons (Fsp3) is 0. The largest absolute Gasteiger partial charge is 0.324 e. The lowest BCUT2D eigenvalue weighted by Crippen LogP contribution is -1.86. The molecule has 0 atom stereocenters. The Morgan fingerprint density at radius 3 is 2.50 bits per heavy atom. The number of hydrogen-bond acceptors (Lipinski definition) is 0. The molecule has 0 aliphatic rings. The van der Waals surface area contributed by atoms with Crippen LogP contribution in [0.3, 0.4) is 0 Å². The van der Waals surface area contributed by atoms with E-state index in [1.807, 2.05) is 29.0 Å². The molecule has 0 aliphatic heterocycles. The van der Waals surface area contributed by atoms with E-state index in [2.05, 4.69) is 40.7 Å². The van der Waals surface area contributed by atoms with Gasteiger partial charge in [-0.3, -0.25) is 0 Å². The molecule has 0 unspecified atom stereocenters. The zero-order valence-corrected chi connectivity index (χ0v) is 9.24. The third kappa shape index (κ3) is 1.66. The number of halogens is 1. The lowest BCUT2D eigenvalue weighted by Gasteiger charge is -2.03. The first-order valence-electron chi connectivity index (χ1n) is 4.36. The van der Waals surface area contributed by atoms with Crippen molar-refractivity contribution in [3.63, 3.8) is 0 Å². The van der Waals surface area contributed by atoms with E-state index in [-0.39, 0.29) is 0 Å². The molecule has 2 aromatic rings. The topological polar surface area (TPSA) is 4.93 Å². The zero-order valence-electron chi connectivity index (χ0n) is 7.65. The van der Waals surface area contributed by atoms with E-state index in [9.17, 15) is 0 Å². The molecule has 2 heteroatoms. The van der Waals surface area contributed by atoms with Gasteiger partial charge in [-0.2, -0.15) is 0 Å². The summed E-state index contributed by atoms with van der Waals surface area (Å²) >= 11 is 3.42. The highest BCUT2D eigenvalue weighted by Crippen LogP contribution is 2.22. The molecular weight excluding hydrogens is 238 g/mol. The highest BCUT2D eigenvalue weighted by molar-refractivity contribution is 9.10. The van der Waals surface area contributed by atoms with E-state index in [4.69, 9.17) is 0 Å². The standard InChI is InChI=1S/C12H10BrN/c1-2-14-9-3-4-12(14)10-5-7-11(13)8-6-10/h2-9H,1H2. The van der Waals surface area contributed by atoms with Crippen LogP contribution in [0, 0.1) is 0 Å². The van der Waals surface area contributed by atoms with Crippen LogP contribution in [0.2, 0.25) is 0 Å². The van der Waals surface area contributed by atoms with Crippen LogP contribution in [0.15, 0.2) is 53.6 Å². The Kier molecular flexibility index (Phi) is 2.55. The van der Waals surface area contributed by atoms with Gasteiger partial charge in [-0.25, -0.2) is 0 Å². The number of aromatic nitrogens is 1. The smallest absolute Gasteiger partial charge is 0.0522 e. The van der Waals surface area contributed by atoms with Crippen molar-refractivity contribution in [2.45, 2.75) is 0 Å². The van der Waals surface area contributed by atoms with Gasteiger partial charge in [-0.05, 0) is 29.8 Å². The second-order valence-corrected chi connectivity index (χ2v) is 3.91. The van der Waals surface area contributed by atoms with Crippen LogP contribution < -0.4 is 0 Å². The summed E-state index contributed by atoms with van der Waals surface area (Å²) in [5.74, 6) is 0. The van der Waals surface area contributed by atoms with Gasteiger partial charge in [0.05, 0.1) is 5.69 Å². The molecule has 0 saturated carbocycles. The summed E-state index contributed by atoms with van der Waals surface area (Å²) in [6.45, 7) is 3.76. The molecule has 0 bridgehead atoms. The highest BCUT2D eigenvalue weighted by atomic mass is 79.9. The van der Waals surface area contributed by atoms with Gasteiger partial charge in [-0.15, -0.1) is 0 Å². The van der Waals surface area contributed by atoms with Gasteiger partial charge in [0.1, 0.15) is 0 Å². The molecule has 1 heterocycles. The molecule has 0 saturated heterocycles. The molecule has 0 amide bonds. The molecule has 1 aromatic heterocycles. The van der Waals surface area contributed by atoms with E-state index in [1.165, 1.54) is 5.56 Å². The predicted octanol–water partition coefficient (Wildman–Crippen LogP) is 4.02. The van der Waals surface area contributed by atoms with Crippen LogP contribution in [0.1, 0.15) is 0 Å². The Morgan fingerprint density at radius 2 is 1.86 bits per heavy atom. The number of hydrogen-bond donors (Lipinski definition) is 0. The SMILES string of the molecule is C=Cn1cccc1-c1ccc(Br)cc1. The monoisotopic (exact) mass is 247 g/mol. The Morgan fingerprint density at radius 1 is 1.14 bits per heavy atom. The summed E-state index contributed by atoms with van der Waals surface area (Å²) < 4.78 is 3.10. The Balaban J connectivity index is 2.49. The Labute approximate surface area is 91.8 Å². The Hall–Kier alpha value is -1.28. The average Bonchev–Trinajstić information content (AvgIpc) is 2.67. The van der Waals surface area contributed by atoms with Crippen molar-refractivity contribution in [2.75, 3.05) is 0 Å². The summed E-state index contributed by atoms with van der Waals surface area (Å²) in [6.07, 6.45) is 3.79. The zero-order chi connectivity index (χ0) is 9.97. The van der Waals surface area contributed by atoms with Gasteiger partial charge >= 0.3 is 0 Å². The molecule has 0 aliphatic carbocycles.